The molecule has 0 bridgehead atoms. The molecule has 2 N–H and O–H groups in total. The molecule has 2 nitrogen and oxygen atoms in total. The van der Waals surface area contributed by atoms with Crippen molar-refractivity contribution in [3.05, 3.63) is 35.4 Å². The van der Waals surface area contributed by atoms with Crippen LogP contribution < -0.4 is 5.73 Å². The van der Waals surface area contributed by atoms with E-state index >= 15 is 0 Å². The predicted molar refractivity (Wildman–Crippen MR) is 75.3 cm³/mol. The number of halogens is 3. The largest absolute Gasteiger partial charge is 0.330 e. The third-order valence-corrected chi connectivity index (χ3v) is 3.59. The van der Waals surface area contributed by atoms with Gasteiger partial charge in [-0.1, -0.05) is 6.07 Å². The maximum absolute atomic E-state index is 13.6. The van der Waals surface area contributed by atoms with Gasteiger partial charge in [0.2, 0.25) is 0 Å². The molecule has 0 aromatic heterocycles. The van der Waals surface area contributed by atoms with Crippen molar-refractivity contribution in [2.24, 2.45) is 11.7 Å². The van der Waals surface area contributed by atoms with Crippen molar-refractivity contribution in [3.8, 4) is 0 Å². The molecule has 0 aliphatic carbocycles. The van der Waals surface area contributed by atoms with Gasteiger partial charge in [-0.15, -0.1) is 12.4 Å². The van der Waals surface area contributed by atoms with E-state index in [1.165, 1.54) is 18.6 Å². The highest BCUT2D eigenvalue weighted by atomic mass is 35.5. The van der Waals surface area contributed by atoms with Crippen LogP contribution in [0, 0.1) is 17.6 Å². The van der Waals surface area contributed by atoms with Gasteiger partial charge >= 0.3 is 0 Å². The van der Waals surface area contributed by atoms with Crippen LogP contribution in [0.25, 0.3) is 0 Å². The smallest absolute Gasteiger partial charge is 0.130 e. The lowest BCUT2D eigenvalue weighted by atomic mass is 9.94. The number of hydrogen-bond acceptors (Lipinski definition) is 2. The molecule has 108 valence electrons. The first-order valence-electron chi connectivity index (χ1n) is 6.55. The van der Waals surface area contributed by atoms with Crippen LogP contribution in [0.1, 0.15) is 24.8 Å². The number of nitrogens with two attached hydrogens (primary N) is 1. The van der Waals surface area contributed by atoms with Crippen LogP contribution >= 0.6 is 12.4 Å². The summed E-state index contributed by atoms with van der Waals surface area (Å²) < 4.78 is 26.4. The SMILES string of the molecule is Cl.NCCC1CCCN(Cc2ccc(F)cc2F)C1. The first-order valence-corrected chi connectivity index (χ1v) is 6.55. The molecule has 0 amide bonds. The Balaban J connectivity index is 0.00000180. The van der Waals surface area contributed by atoms with Gasteiger partial charge < -0.3 is 5.73 Å². The monoisotopic (exact) mass is 290 g/mol. The van der Waals surface area contributed by atoms with Gasteiger partial charge in [0.05, 0.1) is 0 Å². The summed E-state index contributed by atoms with van der Waals surface area (Å²) in [7, 11) is 0. The molecule has 1 aliphatic heterocycles. The van der Waals surface area contributed by atoms with E-state index in [-0.39, 0.29) is 12.4 Å². The molecule has 19 heavy (non-hydrogen) atoms. The van der Waals surface area contributed by atoms with Crippen LogP contribution in [-0.2, 0) is 6.54 Å². The molecule has 1 aromatic rings. The highest BCUT2D eigenvalue weighted by Crippen LogP contribution is 2.21. The second-order valence-electron chi connectivity index (χ2n) is 5.06. The third kappa shape index (κ3) is 4.71. The van der Waals surface area contributed by atoms with Gasteiger partial charge in [-0.3, -0.25) is 4.90 Å². The summed E-state index contributed by atoms with van der Waals surface area (Å²) in [6.45, 7) is 3.22. The van der Waals surface area contributed by atoms with Crippen molar-refractivity contribution in [2.45, 2.75) is 25.8 Å². The zero-order valence-corrected chi connectivity index (χ0v) is 11.8. The number of rotatable bonds is 4. The van der Waals surface area contributed by atoms with Crippen molar-refractivity contribution in [2.75, 3.05) is 19.6 Å². The molecule has 0 spiro atoms. The van der Waals surface area contributed by atoms with E-state index < -0.39 is 11.6 Å². The van der Waals surface area contributed by atoms with Gasteiger partial charge in [-0.25, -0.2) is 8.78 Å². The fourth-order valence-electron chi connectivity index (χ4n) is 2.66. The molecular formula is C14H21ClF2N2. The number of piperidine rings is 1. The van der Waals surface area contributed by atoms with Crippen LogP contribution in [0.4, 0.5) is 8.78 Å². The summed E-state index contributed by atoms with van der Waals surface area (Å²) in [5.74, 6) is -0.348. The Morgan fingerprint density at radius 3 is 2.79 bits per heavy atom. The fourth-order valence-corrected chi connectivity index (χ4v) is 2.66. The second-order valence-corrected chi connectivity index (χ2v) is 5.06. The maximum atomic E-state index is 13.6. The van der Waals surface area contributed by atoms with Gasteiger partial charge in [0.25, 0.3) is 0 Å². The average molecular weight is 291 g/mol. The van der Waals surface area contributed by atoms with E-state index in [1.807, 2.05) is 0 Å². The molecule has 5 heteroatoms. The average Bonchev–Trinajstić information content (AvgIpc) is 2.34. The van der Waals surface area contributed by atoms with Gasteiger partial charge in [-0.05, 0) is 44.3 Å². The van der Waals surface area contributed by atoms with E-state index in [0.29, 0.717) is 24.6 Å². The number of hydrogen-bond donors (Lipinski definition) is 1. The maximum Gasteiger partial charge on any atom is 0.130 e. The first-order chi connectivity index (χ1) is 8.69. The molecule has 2 rings (SSSR count). The number of benzene rings is 1. The highest BCUT2D eigenvalue weighted by molar-refractivity contribution is 5.85. The van der Waals surface area contributed by atoms with E-state index in [4.69, 9.17) is 5.73 Å². The zero-order valence-electron chi connectivity index (χ0n) is 10.9. The van der Waals surface area contributed by atoms with Crippen LogP contribution in [0.3, 0.4) is 0 Å². The topological polar surface area (TPSA) is 29.3 Å². The molecule has 1 unspecified atom stereocenters. The summed E-state index contributed by atoms with van der Waals surface area (Å²) in [4.78, 5) is 2.24. The fraction of sp³-hybridized carbons (Fsp3) is 0.571. The predicted octanol–water partition coefficient (Wildman–Crippen LogP) is 2.95. The van der Waals surface area contributed by atoms with Crippen molar-refractivity contribution in [1.29, 1.82) is 0 Å². The van der Waals surface area contributed by atoms with E-state index in [0.717, 1.165) is 32.0 Å². The molecule has 1 aliphatic rings. The van der Waals surface area contributed by atoms with Crippen LogP contribution in [0.15, 0.2) is 18.2 Å². The third-order valence-electron chi connectivity index (χ3n) is 3.59. The second kappa shape index (κ2) is 7.78. The minimum atomic E-state index is -0.518. The van der Waals surface area contributed by atoms with Crippen molar-refractivity contribution in [3.63, 3.8) is 0 Å². The van der Waals surface area contributed by atoms with Gasteiger partial charge in [0.1, 0.15) is 11.6 Å². The van der Waals surface area contributed by atoms with Crippen molar-refractivity contribution in [1.82, 2.24) is 4.90 Å². The molecular weight excluding hydrogens is 270 g/mol. The summed E-state index contributed by atoms with van der Waals surface area (Å²) in [6.07, 6.45) is 3.37. The van der Waals surface area contributed by atoms with E-state index in [9.17, 15) is 8.78 Å². The molecule has 0 saturated carbocycles. The summed E-state index contributed by atoms with van der Waals surface area (Å²) in [5, 5.41) is 0. The molecule has 1 fully saturated rings. The van der Waals surface area contributed by atoms with E-state index in [2.05, 4.69) is 4.90 Å². The molecule has 0 radical (unpaired) electrons. The molecule has 1 atom stereocenters. The van der Waals surface area contributed by atoms with Gasteiger partial charge in [-0.2, -0.15) is 0 Å². The zero-order chi connectivity index (χ0) is 13.0. The van der Waals surface area contributed by atoms with Gasteiger partial charge in [0, 0.05) is 24.7 Å². The minimum Gasteiger partial charge on any atom is -0.330 e. The number of likely N-dealkylation sites (tertiary alicyclic amines) is 1. The Kier molecular flexibility index (Phi) is 6.69. The lowest BCUT2D eigenvalue weighted by molar-refractivity contribution is 0.161. The lowest BCUT2D eigenvalue weighted by Crippen LogP contribution is -2.35. The standard InChI is InChI=1S/C14H20F2N2.ClH/c15-13-4-3-12(14(16)8-13)10-18-7-1-2-11(9-18)5-6-17;/h3-4,8,11H,1-2,5-7,9-10,17H2;1H. The molecule has 1 heterocycles. The lowest BCUT2D eigenvalue weighted by Gasteiger charge is -2.32. The van der Waals surface area contributed by atoms with Crippen LogP contribution in [0.2, 0.25) is 0 Å². The highest BCUT2D eigenvalue weighted by Gasteiger charge is 2.20. The van der Waals surface area contributed by atoms with E-state index in [1.54, 1.807) is 0 Å². The van der Waals surface area contributed by atoms with Crippen molar-refractivity contribution < 1.29 is 8.78 Å². The summed E-state index contributed by atoms with van der Waals surface area (Å²) >= 11 is 0. The summed E-state index contributed by atoms with van der Waals surface area (Å²) in [5.41, 5.74) is 6.15. The Morgan fingerprint density at radius 1 is 1.32 bits per heavy atom. The quantitative estimate of drug-likeness (QED) is 0.924. The van der Waals surface area contributed by atoms with Crippen molar-refractivity contribution >= 4 is 12.4 Å². The van der Waals surface area contributed by atoms with Crippen LogP contribution in [-0.4, -0.2) is 24.5 Å². The van der Waals surface area contributed by atoms with Crippen LogP contribution in [0.5, 0.6) is 0 Å². The normalized spacial score (nSPS) is 20.1. The summed E-state index contributed by atoms with van der Waals surface area (Å²) in [6, 6.07) is 3.81. The Bertz CT molecular complexity index is 399. The minimum absolute atomic E-state index is 0. The Labute approximate surface area is 119 Å². The Hall–Kier alpha value is -0.710. The molecule has 1 saturated heterocycles. The number of nitrogens with zero attached hydrogens (tertiary/aromatic N) is 1. The molecule has 1 aromatic carbocycles. The van der Waals surface area contributed by atoms with Gasteiger partial charge in [0.15, 0.2) is 0 Å². The first kappa shape index (κ1) is 16.3. The Morgan fingerprint density at radius 2 is 2.11 bits per heavy atom.